The fourth-order valence-corrected chi connectivity index (χ4v) is 3.63. The van der Waals surface area contributed by atoms with Crippen LogP contribution in [-0.2, 0) is 6.54 Å². The third-order valence-corrected chi connectivity index (χ3v) is 4.96. The Labute approximate surface area is 160 Å². The summed E-state index contributed by atoms with van der Waals surface area (Å²) in [5.74, 6) is 0.368. The van der Waals surface area contributed by atoms with Crippen LogP contribution in [0.3, 0.4) is 0 Å². The lowest BCUT2D eigenvalue weighted by Crippen LogP contribution is -2.32. The fraction of sp³-hybridized carbons (Fsp3) is 0.0870. The minimum absolute atomic E-state index is 0.296. The van der Waals surface area contributed by atoms with Gasteiger partial charge in [-0.05, 0) is 41.5 Å². The molecule has 0 unspecified atom stereocenters. The zero-order valence-electron chi connectivity index (χ0n) is 14.9. The number of anilines is 1. The summed E-state index contributed by atoms with van der Waals surface area (Å²) in [6, 6.07) is 21.4. The van der Waals surface area contributed by atoms with Crippen LogP contribution < -0.4 is 15.3 Å². The number of fused-ring (bicyclic) bond motifs is 3. The van der Waals surface area contributed by atoms with Gasteiger partial charge in [0.1, 0.15) is 17.1 Å². The summed E-state index contributed by atoms with van der Waals surface area (Å²) in [5, 5.41) is 0.842. The van der Waals surface area contributed by atoms with E-state index in [2.05, 4.69) is 0 Å². The molecule has 1 aliphatic heterocycles. The van der Waals surface area contributed by atoms with Gasteiger partial charge in [-0.15, -0.1) is 0 Å². The predicted molar refractivity (Wildman–Crippen MR) is 106 cm³/mol. The van der Waals surface area contributed by atoms with Crippen LogP contribution in [0.15, 0.2) is 82.0 Å². The van der Waals surface area contributed by atoms with Gasteiger partial charge < -0.3 is 14.1 Å². The molecule has 0 radical (unpaired) electrons. The quantitative estimate of drug-likeness (QED) is 0.466. The van der Waals surface area contributed by atoms with Crippen molar-refractivity contribution < 1.29 is 13.5 Å². The Kier molecular flexibility index (Phi) is 3.86. The number of nitrogens with zero attached hydrogens (tertiary/aromatic N) is 1. The normalized spacial score (nSPS) is 13.2. The van der Waals surface area contributed by atoms with E-state index in [1.54, 1.807) is 6.07 Å². The first-order valence-corrected chi connectivity index (χ1v) is 8.97. The molecule has 138 valence electrons. The molecule has 0 saturated heterocycles. The van der Waals surface area contributed by atoms with Gasteiger partial charge in [0.05, 0.1) is 12.1 Å². The molecule has 5 heteroatoms. The summed E-state index contributed by atoms with van der Waals surface area (Å²) in [4.78, 5) is 14.2. The summed E-state index contributed by atoms with van der Waals surface area (Å²) >= 11 is 0. The van der Waals surface area contributed by atoms with E-state index in [0.717, 1.165) is 22.1 Å². The average Bonchev–Trinajstić information content (AvgIpc) is 2.73. The molecule has 0 fully saturated rings. The molecular weight excluding hydrogens is 357 g/mol. The molecule has 0 spiro atoms. The zero-order valence-corrected chi connectivity index (χ0v) is 14.9. The summed E-state index contributed by atoms with van der Waals surface area (Å²) in [6.45, 7) is 0.752. The van der Waals surface area contributed by atoms with E-state index in [9.17, 15) is 9.18 Å². The van der Waals surface area contributed by atoms with Crippen molar-refractivity contribution in [1.29, 1.82) is 0 Å². The predicted octanol–water partition coefficient (Wildman–Crippen LogP) is 4.96. The van der Waals surface area contributed by atoms with Gasteiger partial charge in [-0.1, -0.05) is 36.4 Å². The first kappa shape index (κ1) is 16.6. The Balaban J connectivity index is 1.67. The van der Waals surface area contributed by atoms with Gasteiger partial charge in [0.25, 0.3) is 0 Å². The van der Waals surface area contributed by atoms with Gasteiger partial charge in [0, 0.05) is 17.1 Å². The second-order valence-electron chi connectivity index (χ2n) is 6.72. The average molecular weight is 373 g/mol. The molecule has 0 aliphatic carbocycles. The van der Waals surface area contributed by atoms with Crippen molar-refractivity contribution in [3.8, 4) is 16.9 Å². The topological polar surface area (TPSA) is 42.7 Å². The van der Waals surface area contributed by atoms with Gasteiger partial charge in [0.2, 0.25) is 0 Å². The van der Waals surface area contributed by atoms with Crippen LogP contribution in [-0.4, -0.2) is 6.73 Å². The van der Waals surface area contributed by atoms with E-state index in [4.69, 9.17) is 9.15 Å². The van der Waals surface area contributed by atoms with E-state index >= 15 is 0 Å². The van der Waals surface area contributed by atoms with Crippen LogP contribution in [0, 0.1) is 5.82 Å². The molecule has 2 heterocycles. The molecule has 0 bridgehead atoms. The highest BCUT2D eigenvalue weighted by molar-refractivity contribution is 5.96. The largest absolute Gasteiger partial charge is 0.473 e. The molecule has 4 nitrogen and oxygen atoms in total. The lowest BCUT2D eigenvalue weighted by atomic mass is 9.99. The molecule has 5 rings (SSSR count). The Hall–Kier alpha value is -3.60. The lowest BCUT2D eigenvalue weighted by Gasteiger charge is -2.31. The first-order chi connectivity index (χ1) is 13.7. The van der Waals surface area contributed by atoms with E-state index < -0.39 is 5.63 Å². The third-order valence-electron chi connectivity index (χ3n) is 4.96. The number of halogens is 1. The van der Waals surface area contributed by atoms with Crippen molar-refractivity contribution in [3.63, 3.8) is 0 Å². The summed E-state index contributed by atoms with van der Waals surface area (Å²) in [5.41, 5.74) is 3.34. The summed E-state index contributed by atoms with van der Waals surface area (Å²) < 4.78 is 25.1. The number of ether oxygens (including phenoxy) is 1. The zero-order chi connectivity index (χ0) is 19.1. The molecule has 28 heavy (non-hydrogen) atoms. The Bertz CT molecular complexity index is 1230. The van der Waals surface area contributed by atoms with Gasteiger partial charge in [-0.25, -0.2) is 9.18 Å². The maximum atomic E-state index is 13.6. The minimum Gasteiger partial charge on any atom is -0.473 e. The second kappa shape index (κ2) is 6.53. The van der Waals surface area contributed by atoms with Crippen LogP contribution in [0.5, 0.6) is 5.75 Å². The number of rotatable bonds is 2. The van der Waals surface area contributed by atoms with Crippen molar-refractivity contribution in [2.75, 3.05) is 11.6 Å². The first-order valence-electron chi connectivity index (χ1n) is 8.97. The van der Waals surface area contributed by atoms with Gasteiger partial charge >= 0.3 is 5.63 Å². The van der Waals surface area contributed by atoms with Gasteiger partial charge in [-0.2, -0.15) is 0 Å². The highest BCUT2D eigenvalue weighted by Gasteiger charge is 2.23. The molecule has 3 aromatic carbocycles. The number of hydrogen-bond donors (Lipinski definition) is 0. The lowest BCUT2D eigenvalue weighted by molar-refractivity contribution is 0.289. The monoisotopic (exact) mass is 373 g/mol. The molecule has 0 atom stereocenters. The smallest absolute Gasteiger partial charge is 0.336 e. The Morgan fingerprint density at radius 2 is 1.79 bits per heavy atom. The molecular formula is C23H16FNO3. The molecule has 1 aliphatic rings. The minimum atomic E-state index is -0.414. The summed E-state index contributed by atoms with van der Waals surface area (Å²) in [6.07, 6.45) is 0. The van der Waals surface area contributed by atoms with Crippen molar-refractivity contribution in [2.24, 2.45) is 0 Å². The van der Waals surface area contributed by atoms with E-state index in [0.29, 0.717) is 30.3 Å². The van der Waals surface area contributed by atoms with Crippen LogP contribution in [0.25, 0.3) is 22.1 Å². The van der Waals surface area contributed by atoms with E-state index in [-0.39, 0.29) is 5.82 Å². The van der Waals surface area contributed by atoms with Crippen LogP contribution in [0.2, 0.25) is 0 Å². The molecule has 0 N–H and O–H groups in total. The second-order valence-corrected chi connectivity index (χ2v) is 6.72. The maximum absolute atomic E-state index is 13.6. The van der Waals surface area contributed by atoms with Crippen molar-refractivity contribution in [1.82, 2.24) is 0 Å². The standard InChI is InChI=1S/C23H16FNO3/c24-16-7-4-8-17(11-16)25-13-20-21(27-14-25)10-9-18-19(12-22(26)28-23(18)20)15-5-2-1-3-6-15/h1-12H,13-14H2. The third kappa shape index (κ3) is 2.81. The Morgan fingerprint density at radius 3 is 2.61 bits per heavy atom. The van der Waals surface area contributed by atoms with Crippen LogP contribution >= 0.6 is 0 Å². The van der Waals surface area contributed by atoms with Crippen molar-refractivity contribution in [2.45, 2.75) is 6.54 Å². The van der Waals surface area contributed by atoms with E-state index in [1.165, 1.54) is 18.2 Å². The molecule has 0 saturated carbocycles. The maximum Gasteiger partial charge on any atom is 0.336 e. The molecule has 0 amide bonds. The highest BCUT2D eigenvalue weighted by Crippen LogP contribution is 2.37. The van der Waals surface area contributed by atoms with Gasteiger partial charge in [0.15, 0.2) is 6.73 Å². The summed E-state index contributed by atoms with van der Waals surface area (Å²) in [7, 11) is 0. The number of hydrogen-bond acceptors (Lipinski definition) is 4. The molecule has 1 aromatic heterocycles. The fourth-order valence-electron chi connectivity index (χ4n) is 3.63. The molecule has 4 aromatic rings. The van der Waals surface area contributed by atoms with E-state index in [1.807, 2.05) is 53.4 Å². The highest BCUT2D eigenvalue weighted by atomic mass is 19.1. The SMILES string of the molecule is O=c1cc(-c2ccccc2)c2ccc3c(c2o1)CN(c1cccc(F)c1)CO3. The van der Waals surface area contributed by atoms with Gasteiger partial charge in [-0.3, -0.25) is 0 Å². The van der Waals surface area contributed by atoms with Crippen molar-refractivity contribution in [3.05, 3.63) is 94.6 Å². The van der Waals surface area contributed by atoms with Crippen molar-refractivity contribution >= 4 is 16.7 Å². The Morgan fingerprint density at radius 1 is 0.929 bits per heavy atom. The van der Waals surface area contributed by atoms with Crippen LogP contribution in [0.1, 0.15) is 5.56 Å². The van der Waals surface area contributed by atoms with Crippen LogP contribution in [0.4, 0.5) is 10.1 Å². The number of benzene rings is 3.